The summed E-state index contributed by atoms with van der Waals surface area (Å²) in [6, 6.07) is 15.2. The Hall–Kier alpha value is -3.24. The van der Waals surface area contributed by atoms with E-state index in [1.807, 2.05) is 42.3 Å². The molecule has 32 heavy (non-hydrogen) atoms. The highest BCUT2D eigenvalue weighted by atomic mass is 35.5. The fraction of sp³-hybridized carbons (Fsp3) is 0.375. The van der Waals surface area contributed by atoms with Crippen LogP contribution in [0.3, 0.4) is 0 Å². The molecule has 2 N–H and O–H groups in total. The van der Waals surface area contributed by atoms with Gasteiger partial charge < -0.3 is 20.4 Å². The van der Waals surface area contributed by atoms with E-state index in [0.717, 1.165) is 42.6 Å². The molecule has 7 nitrogen and oxygen atoms in total. The van der Waals surface area contributed by atoms with Crippen LogP contribution in [0.1, 0.15) is 31.2 Å². The number of para-hydroxylation sites is 1. The van der Waals surface area contributed by atoms with Crippen molar-refractivity contribution >= 4 is 35.0 Å². The molecule has 2 atom stereocenters. The quantitative estimate of drug-likeness (QED) is 0.380. The highest BCUT2D eigenvalue weighted by Gasteiger charge is 2.41. The number of nitrogens with zero attached hydrogens (tertiary/aromatic N) is 4. The van der Waals surface area contributed by atoms with Crippen molar-refractivity contribution in [3.05, 3.63) is 59.1 Å². The lowest BCUT2D eigenvalue weighted by Crippen LogP contribution is -2.64. The molecular formula is C24H27ClN6O. The van der Waals surface area contributed by atoms with E-state index in [4.69, 9.17) is 11.6 Å². The number of guanidine groups is 1. The number of nitriles is 1. The van der Waals surface area contributed by atoms with Crippen molar-refractivity contribution in [2.24, 2.45) is 4.99 Å². The molecule has 1 aliphatic heterocycles. The first-order valence-corrected chi connectivity index (χ1v) is 11.3. The molecule has 1 saturated heterocycles. The number of hydrogen-bond acceptors (Lipinski definition) is 3. The van der Waals surface area contributed by atoms with Crippen LogP contribution in [0.25, 0.3) is 0 Å². The van der Waals surface area contributed by atoms with Crippen molar-refractivity contribution in [3.63, 3.8) is 0 Å². The lowest BCUT2D eigenvalue weighted by Gasteiger charge is -2.50. The Bertz CT molecular complexity index is 1030. The van der Waals surface area contributed by atoms with Gasteiger partial charge in [-0.3, -0.25) is 0 Å². The molecule has 4 rings (SSSR count). The van der Waals surface area contributed by atoms with Gasteiger partial charge in [-0.25, -0.2) is 4.79 Å². The van der Waals surface area contributed by atoms with E-state index in [1.54, 1.807) is 24.3 Å². The number of nitrogens with one attached hydrogen (secondary N) is 2. The van der Waals surface area contributed by atoms with E-state index in [1.165, 1.54) is 0 Å². The number of amides is 2. The zero-order chi connectivity index (χ0) is 22.5. The molecule has 2 amide bonds. The van der Waals surface area contributed by atoms with Crippen LogP contribution in [-0.2, 0) is 0 Å². The van der Waals surface area contributed by atoms with Crippen molar-refractivity contribution < 1.29 is 4.79 Å². The van der Waals surface area contributed by atoms with Crippen LogP contribution < -0.4 is 10.6 Å². The third-order valence-corrected chi connectivity index (χ3v) is 6.50. The van der Waals surface area contributed by atoms with E-state index >= 15 is 0 Å². The normalized spacial score (nSPS) is 20.8. The van der Waals surface area contributed by atoms with Crippen LogP contribution in [-0.4, -0.2) is 47.0 Å². The Labute approximate surface area is 193 Å². The number of halogens is 1. The minimum atomic E-state index is -0.102. The van der Waals surface area contributed by atoms with Gasteiger partial charge in [-0.2, -0.15) is 5.26 Å². The van der Waals surface area contributed by atoms with Gasteiger partial charge >= 0.3 is 6.03 Å². The summed E-state index contributed by atoms with van der Waals surface area (Å²) in [6.07, 6.45) is 6.01. The molecule has 0 bridgehead atoms. The van der Waals surface area contributed by atoms with E-state index in [9.17, 15) is 10.1 Å². The number of carbonyl (C=O) groups excluding carboxylic acids is 1. The number of rotatable bonds is 2. The molecule has 0 unspecified atom stereocenters. The third-order valence-electron chi connectivity index (χ3n) is 6.25. The van der Waals surface area contributed by atoms with Gasteiger partial charge in [0.2, 0.25) is 12.2 Å². The van der Waals surface area contributed by atoms with Gasteiger partial charge in [-0.1, -0.05) is 42.6 Å². The standard InChI is InChI=1S/C24H27ClN6O/c1-17-6-2-3-7-20(17)29-23(27-16-26)30-14-15-31(22-9-5-4-8-21(22)30)24(32)28-19-12-10-18(25)11-13-19/h2-3,6-7,10-13,21-22H,4-5,8-9,14-15H2,1H3,(H,27,29)(H,28,32)/t21-,22-/m0/s1. The first-order chi connectivity index (χ1) is 15.6. The average molecular weight is 451 g/mol. The van der Waals surface area contributed by atoms with Crippen molar-refractivity contribution in [3.8, 4) is 6.19 Å². The number of aryl methyl sites for hydroxylation is 1. The molecule has 1 aliphatic carbocycles. The maximum absolute atomic E-state index is 13.1. The summed E-state index contributed by atoms with van der Waals surface area (Å²) in [7, 11) is 0. The van der Waals surface area contributed by atoms with E-state index in [2.05, 4.69) is 20.5 Å². The summed E-state index contributed by atoms with van der Waals surface area (Å²) in [4.78, 5) is 21.3. The predicted molar refractivity (Wildman–Crippen MR) is 128 cm³/mol. The molecule has 166 valence electrons. The van der Waals surface area contributed by atoms with Crippen LogP contribution in [0.15, 0.2) is 53.5 Å². The summed E-state index contributed by atoms with van der Waals surface area (Å²) >= 11 is 5.96. The third kappa shape index (κ3) is 4.81. The van der Waals surface area contributed by atoms with E-state index in [-0.39, 0.29) is 18.1 Å². The molecule has 0 aromatic heterocycles. The fourth-order valence-corrected chi connectivity index (χ4v) is 4.78. The van der Waals surface area contributed by atoms with Gasteiger partial charge in [0, 0.05) is 29.5 Å². The highest BCUT2D eigenvalue weighted by molar-refractivity contribution is 6.30. The minimum Gasteiger partial charge on any atom is -0.335 e. The SMILES string of the molecule is Cc1ccccc1NC(=NC#N)N1CCN(C(=O)Nc2ccc(Cl)cc2)[C@H]2CCCC[C@@H]21. The highest BCUT2D eigenvalue weighted by Crippen LogP contribution is 2.31. The average Bonchev–Trinajstić information content (AvgIpc) is 2.81. The van der Waals surface area contributed by atoms with Crippen LogP contribution in [0, 0.1) is 18.4 Å². The summed E-state index contributed by atoms with van der Waals surface area (Å²) in [5, 5.41) is 16.3. The van der Waals surface area contributed by atoms with Crippen LogP contribution in [0.5, 0.6) is 0 Å². The summed E-state index contributed by atoms with van der Waals surface area (Å²) < 4.78 is 0. The van der Waals surface area contributed by atoms with Gasteiger partial charge in [0.15, 0.2) is 0 Å². The Balaban J connectivity index is 1.53. The summed E-state index contributed by atoms with van der Waals surface area (Å²) in [5.74, 6) is 0.552. The largest absolute Gasteiger partial charge is 0.335 e. The number of aliphatic imine (C=N–C) groups is 1. The van der Waals surface area contributed by atoms with Gasteiger partial charge in [0.1, 0.15) is 0 Å². The van der Waals surface area contributed by atoms with Gasteiger partial charge in [0.25, 0.3) is 0 Å². The fourth-order valence-electron chi connectivity index (χ4n) is 4.65. The molecule has 2 aliphatic rings. The molecule has 1 heterocycles. The lowest BCUT2D eigenvalue weighted by atomic mass is 9.86. The first kappa shape index (κ1) is 22.0. The number of urea groups is 1. The van der Waals surface area contributed by atoms with E-state index < -0.39 is 0 Å². The Kier molecular flexibility index (Phi) is 6.81. The van der Waals surface area contributed by atoms with Crippen LogP contribution >= 0.6 is 11.6 Å². The molecular weight excluding hydrogens is 424 g/mol. The lowest BCUT2D eigenvalue weighted by molar-refractivity contribution is 0.0603. The van der Waals surface area contributed by atoms with Crippen molar-refractivity contribution in [2.45, 2.75) is 44.7 Å². The predicted octanol–water partition coefficient (Wildman–Crippen LogP) is 5.06. The van der Waals surface area contributed by atoms with Gasteiger partial charge in [-0.05, 0) is 55.7 Å². The maximum Gasteiger partial charge on any atom is 0.322 e. The zero-order valence-corrected chi connectivity index (χ0v) is 18.8. The molecule has 2 fully saturated rings. The van der Waals surface area contributed by atoms with Crippen molar-refractivity contribution in [1.29, 1.82) is 5.26 Å². The maximum atomic E-state index is 13.1. The topological polar surface area (TPSA) is 83.8 Å². The number of anilines is 2. The second-order valence-electron chi connectivity index (χ2n) is 8.22. The molecule has 1 saturated carbocycles. The van der Waals surface area contributed by atoms with Gasteiger partial charge in [0.05, 0.1) is 12.1 Å². The molecule has 2 aromatic rings. The monoisotopic (exact) mass is 450 g/mol. The molecule has 2 aromatic carbocycles. The zero-order valence-electron chi connectivity index (χ0n) is 18.1. The first-order valence-electron chi connectivity index (χ1n) is 11.0. The number of hydrogen-bond donors (Lipinski definition) is 2. The summed E-state index contributed by atoms with van der Waals surface area (Å²) in [6.45, 7) is 3.18. The van der Waals surface area contributed by atoms with Crippen molar-refractivity contribution in [2.75, 3.05) is 23.7 Å². The van der Waals surface area contributed by atoms with Crippen LogP contribution in [0.4, 0.5) is 16.2 Å². The number of fused-ring (bicyclic) bond motifs is 1. The van der Waals surface area contributed by atoms with Gasteiger partial charge in [-0.15, -0.1) is 4.99 Å². The minimum absolute atomic E-state index is 0.0624. The summed E-state index contributed by atoms with van der Waals surface area (Å²) in [5.41, 5.74) is 2.73. The molecule has 8 heteroatoms. The number of benzene rings is 2. The molecule has 0 radical (unpaired) electrons. The van der Waals surface area contributed by atoms with Crippen LogP contribution in [0.2, 0.25) is 5.02 Å². The second-order valence-corrected chi connectivity index (χ2v) is 8.65. The smallest absolute Gasteiger partial charge is 0.322 e. The second kappa shape index (κ2) is 9.92. The molecule has 0 spiro atoms. The Morgan fingerprint density at radius 3 is 2.38 bits per heavy atom. The van der Waals surface area contributed by atoms with E-state index in [0.29, 0.717) is 24.1 Å². The van der Waals surface area contributed by atoms with Crippen molar-refractivity contribution in [1.82, 2.24) is 9.80 Å². The number of carbonyl (C=O) groups is 1. The Morgan fingerprint density at radius 2 is 1.69 bits per heavy atom. The Morgan fingerprint density at radius 1 is 1.03 bits per heavy atom. The number of piperazine rings is 1.